The molecule has 1 rings (SSSR count). The van der Waals surface area contributed by atoms with E-state index < -0.39 is 0 Å². The molecule has 88 valence electrons. The molecule has 0 bridgehead atoms. The maximum atomic E-state index is 8.87. The molecule has 1 atom stereocenters. The van der Waals surface area contributed by atoms with Crippen molar-refractivity contribution in [3.8, 4) is 0 Å². The van der Waals surface area contributed by atoms with E-state index in [1.807, 2.05) is 6.34 Å². The fourth-order valence-electron chi connectivity index (χ4n) is 2.07. The number of aliphatic hydroxyl groups is 1. The summed E-state index contributed by atoms with van der Waals surface area (Å²) >= 11 is 0. The fourth-order valence-corrected chi connectivity index (χ4v) is 2.07. The van der Waals surface area contributed by atoms with Crippen LogP contribution in [0, 0.1) is 5.92 Å². The number of aliphatic imine (C=N–C) groups is 1. The lowest BCUT2D eigenvalue weighted by molar-refractivity contribution is 0.246. The van der Waals surface area contributed by atoms with E-state index in [4.69, 9.17) is 5.11 Å². The Balaban J connectivity index is 1.97. The third-order valence-electron chi connectivity index (χ3n) is 3.18. The minimum Gasteiger partial charge on any atom is -0.396 e. The van der Waals surface area contributed by atoms with Crippen LogP contribution >= 0.6 is 0 Å². The van der Waals surface area contributed by atoms with Gasteiger partial charge >= 0.3 is 0 Å². The molecule has 1 heterocycles. The Morgan fingerprint density at radius 2 is 2.27 bits per heavy atom. The van der Waals surface area contributed by atoms with Crippen molar-refractivity contribution in [1.29, 1.82) is 0 Å². The van der Waals surface area contributed by atoms with E-state index in [0.29, 0.717) is 6.61 Å². The maximum Gasteiger partial charge on any atom is 0.0851 e. The summed E-state index contributed by atoms with van der Waals surface area (Å²) in [5.74, 6) is 0.724. The standard InChI is InChI=1S/C12H24N2O/c1-2-12(6-10-15)5-3-4-8-14-9-7-13-11-14/h11-12,15H,2-10H2,1H3. The minimum atomic E-state index is 0.345. The summed E-state index contributed by atoms with van der Waals surface area (Å²) in [6.45, 7) is 5.79. The van der Waals surface area contributed by atoms with E-state index in [1.54, 1.807) is 0 Å². The van der Waals surface area contributed by atoms with E-state index in [1.165, 1.54) is 25.7 Å². The van der Waals surface area contributed by atoms with E-state index >= 15 is 0 Å². The molecule has 0 amide bonds. The van der Waals surface area contributed by atoms with Crippen molar-refractivity contribution < 1.29 is 5.11 Å². The lowest BCUT2D eigenvalue weighted by Crippen LogP contribution is -2.20. The van der Waals surface area contributed by atoms with Gasteiger partial charge in [-0.05, 0) is 18.8 Å². The van der Waals surface area contributed by atoms with E-state index in [-0.39, 0.29) is 0 Å². The van der Waals surface area contributed by atoms with Crippen LogP contribution in [0.3, 0.4) is 0 Å². The molecule has 0 aromatic rings. The Hall–Kier alpha value is -0.570. The molecule has 3 nitrogen and oxygen atoms in total. The van der Waals surface area contributed by atoms with Gasteiger partial charge in [-0.15, -0.1) is 0 Å². The summed E-state index contributed by atoms with van der Waals surface area (Å²) < 4.78 is 0. The molecule has 1 unspecified atom stereocenters. The predicted octanol–water partition coefficient (Wildman–Crippen LogP) is 1.91. The Labute approximate surface area is 93.2 Å². The lowest BCUT2D eigenvalue weighted by Gasteiger charge is -2.16. The van der Waals surface area contributed by atoms with Crippen LogP contribution < -0.4 is 0 Å². The summed E-state index contributed by atoms with van der Waals surface area (Å²) in [6, 6.07) is 0. The number of hydrogen-bond donors (Lipinski definition) is 1. The first-order valence-corrected chi connectivity index (χ1v) is 6.21. The van der Waals surface area contributed by atoms with Crippen molar-refractivity contribution in [2.24, 2.45) is 10.9 Å². The molecule has 1 aliphatic rings. The second-order valence-corrected chi connectivity index (χ2v) is 4.34. The zero-order chi connectivity index (χ0) is 10.9. The minimum absolute atomic E-state index is 0.345. The first-order chi connectivity index (χ1) is 7.36. The Morgan fingerprint density at radius 1 is 1.40 bits per heavy atom. The molecule has 0 fully saturated rings. The van der Waals surface area contributed by atoms with Gasteiger partial charge in [0.15, 0.2) is 0 Å². The molecule has 0 saturated carbocycles. The molecule has 0 aromatic heterocycles. The van der Waals surface area contributed by atoms with Gasteiger partial charge in [-0.3, -0.25) is 4.99 Å². The van der Waals surface area contributed by atoms with Gasteiger partial charge in [0.25, 0.3) is 0 Å². The van der Waals surface area contributed by atoms with Crippen molar-refractivity contribution in [3.63, 3.8) is 0 Å². The van der Waals surface area contributed by atoms with Crippen molar-refractivity contribution >= 4 is 6.34 Å². The normalized spacial score (nSPS) is 17.3. The molecule has 0 aliphatic carbocycles. The summed E-state index contributed by atoms with van der Waals surface area (Å²) in [5, 5.41) is 8.87. The first kappa shape index (κ1) is 12.5. The van der Waals surface area contributed by atoms with E-state index in [9.17, 15) is 0 Å². The number of rotatable bonds is 8. The van der Waals surface area contributed by atoms with Crippen LogP contribution in [0.4, 0.5) is 0 Å². The van der Waals surface area contributed by atoms with Crippen LogP contribution in [-0.2, 0) is 0 Å². The van der Waals surface area contributed by atoms with E-state index in [2.05, 4.69) is 16.8 Å². The molecule has 15 heavy (non-hydrogen) atoms. The number of nitrogens with zero attached hydrogens (tertiary/aromatic N) is 2. The lowest BCUT2D eigenvalue weighted by atomic mass is 9.96. The third kappa shape index (κ3) is 5.17. The highest BCUT2D eigenvalue weighted by atomic mass is 16.3. The predicted molar refractivity (Wildman–Crippen MR) is 64.3 cm³/mol. The van der Waals surface area contributed by atoms with Crippen molar-refractivity contribution in [2.75, 3.05) is 26.2 Å². The third-order valence-corrected chi connectivity index (χ3v) is 3.18. The molecule has 3 heteroatoms. The molecule has 0 radical (unpaired) electrons. The number of unbranched alkanes of at least 4 members (excludes halogenated alkanes) is 1. The second-order valence-electron chi connectivity index (χ2n) is 4.34. The van der Waals surface area contributed by atoms with Gasteiger partial charge < -0.3 is 10.0 Å². The van der Waals surface area contributed by atoms with Gasteiger partial charge in [-0.25, -0.2) is 0 Å². The van der Waals surface area contributed by atoms with Crippen LogP contribution in [0.1, 0.15) is 39.0 Å². The Kier molecular flexibility index (Phi) is 6.41. The van der Waals surface area contributed by atoms with Gasteiger partial charge in [-0.1, -0.05) is 26.2 Å². The number of hydrogen-bond acceptors (Lipinski definition) is 3. The average Bonchev–Trinajstić information content (AvgIpc) is 2.75. The zero-order valence-corrected chi connectivity index (χ0v) is 9.86. The smallest absolute Gasteiger partial charge is 0.0851 e. The van der Waals surface area contributed by atoms with Crippen LogP contribution in [0.2, 0.25) is 0 Å². The molecule has 0 saturated heterocycles. The second kappa shape index (κ2) is 7.69. The monoisotopic (exact) mass is 212 g/mol. The highest BCUT2D eigenvalue weighted by molar-refractivity contribution is 5.56. The Bertz CT molecular complexity index is 182. The first-order valence-electron chi connectivity index (χ1n) is 6.21. The quantitative estimate of drug-likeness (QED) is 0.624. The molecular formula is C12H24N2O. The summed E-state index contributed by atoms with van der Waals surface area (Å²) in [5.41, 5.74) is 0. The van der Waals surface area contributed by atoms with Crippen molar-refractivity contribution in [2.45, 2.75) is 39.0 Å². The van der Waals surface area contributed by atoms with Gasteiger partial charge in [0, 0.05) is 19.7 Å². The molecule has 1 N–H and O–H groups in total. The summed E-state index contributed by atoms with van der Waals surface area (Å²) in [7, 11) is 0. The SMILES string of the molecule is CCC(CCO)CCCCN1C=NCC1. The maximum absolute atomic E-state index is 8.87. The summed E-state index contributed by atoms with van der Waals surface area (Å²) in [4.78, 5) is 6.49. The fraction of sp³-hybridized carbons (Fsp3) is 0.917. The van der Waals surface area contributed by atoms with Gasteiger partial charge in [-0.2, -0.15) is 0 Å². The largest absolute Gasteiger partial charge is 0.396 e. The van der Waals surface area contributed by atoms with Gasteiger partial charge in [0.1, 0.15) is 0 Å². The summed E-state index contributed by atoms with van der Waals surface area (Å²) in [6.07, 6.45) is 7.96. The molecule has 1 aliphatic heterocycles. The van der Waals surface area contributed by atoms with Crippen LogP contribution in [0.25, 0.3) is 0 Å². The van der Waals surface area contributed by atoms with Crippen LogP contribution in [-0.4, -0.2) is 42.6 Å². The zero-order valence-electron chi connectivity index (χ0n) is 9.86. The van der Waals surface area contributed by atoms with Crippen molar-refractivity contribution in [1.82, 2.24) is 4.90 Å². The topological polar surface area (TPSA) is 35.8 Å². The molecular weight excluding hydrogens is 188 g/mol. The molecule has 0 aromatic carbocycles. The van der Waals surface area contributed by atoms with E-state index in [0.717, 1.165) is 32.0 Å². The van der Waals surface area contributed by atoms with Gasteiger partial charge in [0.05, 0.1) is 12.9 Å². The Morgan fingerprint density at radius 3 is 2.87 bits per heavy atom. The van der Waals surface area contributed by atoms with Crippen molar-refractivity contribution in [3.05, 3.63) is 0 Å². The van der Waals surface area contributed by atoms with Gasteiger partial charge in [0.2, 0.25) is 0 Å². The highest BCUT2D eigenvalue weighted by Gasteiger charge is 2.07. The molecule has 0 spiro atoms. The van der Waals surface area contributed by atoms with Crippen LogP contribution in [0.5, 0.6) is 0 Å². The van der Waals surface area contributed by atoms with Crippen LogP contribution in [0.15, 0.2) is 4.99 Å². The number of aliphatic hydroxyl groups excluding tert-OH is 1. The highest BCUT2D eigenvalue weighted by Crippen LogP contribution is 2.16. The average molecular weight is 212 g/mol.